The van der Waals surface area contributed by atoms with Gasteiger partial charge in [0.1, 0.15) is 0 Å². The van der Waals surface area contributed by atoms with Crippen molar-refractivity contribution >= 4 is 39.1 Å². The molecule has 0 radical (unpaired) electrons. The van der Waals surface area contributed by atoms with Crippen LogP contribution >= 0.6 is 0 Å². The molecule has 5 nitrogen and oxygen atoms in total. The van der Waals surface area contributed by atoms with E-state index in [1.165, 1.54) is 0 Å². The van der Waals surface area contributed by atoms with Crippen LogP contribution in [0.1, 0.15) is 0 Å². The summed E-state index contributed by atoms with van der Waals surface area (Å²) in [6.45, 7) is 0. The summed E-state index contributed by atoms with van der Waals surface area (Å²) in [4.78, 5) is 23.0. The van der Waals surface area contributed by atoms with Crippen LogP contribution in [0.25, 0.3) is 89.4 Å². The topological polar surface area (TPSA) is 54.8 Å². The molecule has 0 aliphatic carbocycles. The third kappa shape index (κ3) is 7.49. The fraction of sp³-hybridized carbons (Fsp3) is 0. The van der Waals surface area contributed by atoms with Gasteiger partial charge in [-0.25, -0.2) is 19.9 Å². The second-order valence-corrected chi connectivity index (χ2v) is 15.5. The van der Waals surface area contributed by atoms with Crippen molar-refractivity contribution in [1.82, 2.24) is 19.9 Å². The largest absolute Gasteiger partial charge is 0.310 e. The zero-order chi connectivity index (χ0) is 42.0. The van der Waals surface area contributed by atoms with Gasteiger partial charge in [-0.1, -0.05) is 164 Å². The number of fused-ring (bicyclic) bond motifs is 2. The molecule has 2 heterocycles. The zero-order valence-electron chi connectivity index (χ0n) is 34.3. The van der Waals surface area contributed by atoms with Gasteiger partial charge in [0.25, 0.3) is 0 Å². The van der Waals surface area contributed by atoms with Crippen molar-refractivity contribution in [2.24, 2.45) is 0 Å². The first-order valence-electron chi connectivity index (χ1n) is 21.1. The van der Waals surface area contributed by atoms with Crippen molar-refractivity contribution in [2.45, 2.75) is 0 Å². The summed E-state index contributed by atoms with van der Waals surface area (Å²) in [6, 6.07) is 82.2. The molecule has 0 spiro atoms. The van der Waals surface area contributed by atoms with E-state index in [2.05, 4.69) is 157 Å². The first-order valence-corrected chi connectivity index (χ1v) is 21.1. The fourth-order valence-electron chi connectivity index (χ4n) is 8.36. The van der Waals surface area contributed by atoms with Gasteiger partial charge in [0.05, 0.1) is 44.8 Å². The Bertz CT molecular complexity index is 3200. The number of aromatic nitrogens is 4. The molecule has 9 aromatic carbocycles. The number of hydrogen-bond donors (Lipinski definition) is 0. The van der Waals surface area contributed by atoms with E-state index in [0.29, 0.717) is 0 Å². The number of anilines is 3. The molecule has 0 aliphatic heterocycles. The monoisotopic (exact) mass is 805 g/mol. The molecule has 0 amide bonds. The standard InChI is InChI=1S/C58H39N5/c1-4-18-40(19-5-1)55-57(61-53-34-12-10-32-51(53)59-55)46-26-14-22-42(36-46)44-24-16-30-49(38-44)63(48-28-8-3-9-29-48)50-31-17-25-45(39-50)43-23-15-27-47(37-43)58-56(41-20-6-2-7-21-41)60-52-33-11-13-35-54(52)62-58/h1-39H. The lowest BCUT2D eigenvalue weighted by Gasteiger charge is -2.26. The zero-order valence-corrected chi connectivity index (χ0v) is 34.3. The summed E-state index contributed by atoms with van der Waals surface area (Å²) in [7, 11) is 0. The molecule has 0 atom stereocenters. The molecule has 0 N–H and O–H groups in total. The Kier molecular flexibility index (Phi) is 9.80. The molecule has 2 aromatic heterocycles. The molecule has 63 heavy (non-hydrogen) atoms. The van der Waals surface area contributed by atoms with Gasteiger partial charge in [0, 0.05) is 39.3 Å². The van der Waals surface area contributed by atoms with Crippen molar-refractivity contribution in [3.8, 4) is 67.3 Å². The van der Waals surface area contributed by atoms with Gasteiger partial charge in [0.2, 0.25) is 0 Å². The number of rotatable bonds is 9. The number of nitrogens with zero attached hydrogens (tertiary/aromatic N) is 5. The first-order chi connectivity index (χ1) is 31.2. The van der Waals surface area contributed by atoms with E-state index >= 15 is 0 Å². The number of hydrogen-bond acceptors (Lipinski definition) is 5. The van der Waals surface area contributed by atoms with Crippen LogP contribution < -0.4 is 4.90 Å². The van der Waals surface area contributed by atoms with Crippen molar-refractivity contribution in [1.29, 1.82) is 0 Å². The highest BCUT2D eigenvalue weighted by atomic mass is 15.1. The van der Waals surface area contributed by atoms with E-state index in [1.807, 2.05) is 84.9 Å². The average Bonchev–Trinajstić information content (AvgIpc) is 3.37. The highest BCUT2D eigenvalue weighted by Crippen LogP contribution is 2.40. The quantitative estimate of drug-likeness (QED) is 0.145. The Hall–Kier alpha value is -8.54. The van der Waals surface area contributed by atoms with E-state index in [9.17, 15) is 0 Å². The molecule has 0 aliphatic rings. The van der Waals surface area contributed by atoms with Crippen LogP contribution in [-0.4, -0.2) is 19.9 Å². The second-order valence-electron chi connectivity index (χ2n) is 15.5. The molecule has 11 rings (SSSR count). The van der Waals surface area contributed by atoms with Crippen molar-refractivity contribution in [3.63, 3.8) is 0 Å². The Labute approximate surface area is 366 Å². The lowest BCUT2D eigenvalue weighted by Crippen LogP contribution is -2.10. The van der Waals surface area contributed by atoms with Gasteiger partial charge >= 0.3 is 0 Å². The van der Waals surface area contributed by atoms with Crippen molar-refractivity contribution in [3.05, 3.63) is 237 Å². The van der Waals surface area contributed by atoms with E-state index in [1.54, 1.807) is 0 Å². The van der Waals surface area contributed by atoms with Crippen molar-refractivity contribution in [2.75, 3.05) is 4.90 Å². The highest BCUT2D eigenvalue weighted by molar-refractivity contribution is 5.90. The lowest BCUT2D eigenvalue weighted by molar-refractivity contribution is 1.28. The maximum Gasteiger partial charge on any atom is 0.0973 e. The van der Waals surface area contributed by atoms with E-state index in [4.69, 9.17) is 19.9 Å². The summed E-state index contributed by atoms with van der Waals surface area (Å²) < 4.78 is 0. The third-order valence-electron chi connectivity index (χ3n) is 11.4. The van der Waals surface area contributed by atoms with Crippen LogP contribution in [0.3, 0.4) is 0 Å². The molecular weight excluding hydrogens is 767 g/mol. The highest BCUT2D eigenvalue weighted by Gasteiger charge is 2.18. The normalized spacial score (nSPS) is 11.2. The maximum atomic E-state index is 5.19. The molecule has 0 saturated carbocycles. The maximum absolute atomic E-state index is 5.19. The van der Waals surface area contributed by atoms with Crippen LogP contribution in [-0.2, 0) is 0 Å². The van der Waals surface area contributed by atoms with Crippen LogP contribution in [0.2, 0.25) is 0 Å². The summed E-state index contributed by atoms with van der Waals surface area (Å²) in [5.74, 6) is 0. The molecule has 0 saturated heterocycles. The first kappa shape index (κ1) is 37.5. The van der Waals surface area contributed by atoms with Gasteiger partial charge in [-0.15, -0.1) is 0 Å². The molecule has 296 valence electrons. The molecule has 5 heteroatoms. The average molecular weight is 806 g/mol. The second kappa shape index (κ2) is 16.5. The van der Waals surface area contributed by atoms with E-state index < -0.39 is 0 Å². The minimum Gasteiger partial charge on any atom is -0.310 e. The van der Waals surface area contributed by atoms with Gasteiger partial charge in [-0.2, -0.15) is 0 Å². The number of benzene rings is 9. The van der Waals surface area contributed by atoms with E-state index in [-0.39, 0.29) is 0 Å². The van der Waals surface area contributed by atoms with Gasteiger partial charge in [0.15, 0.2) is 0 Å². The SMILES string of the molecule is c1ccc(-c2nc3ccccc3nc2-c2cccc(-c3cccc(N(c4ccccc4)c4cccc(-c5cccc(-c6nc7ccccc7nc6-c6ccccc6)c5)c4)c3)c2)cc1. The summed E-state index contributed by atoms with van der Waals surface area (Å²) in [5, 5.41) is 0. The fourth-order valence-corrected chi connectivity index (χ4v) is 8.36. The van der Waals surface area contributed by atoms with Gasteiger partial charge < -0.3 is 4.90 Å². The number of para-hydroxylation sites is 5. The van der Waals surface area contributed by atoms with Crippen LogP contribution in [0.5, 0.6) is 0 Å². The molecule has 11 aromatic rings. The van der Waals surface area contributed by atoms with Crippen molar-refractivity contribution < 1.29 is 0 Å². The van der Waals surface area contributed by atoms with E-state index in [0.717, 1.165) is 106 Å². The van der Waals surface area contributed by atoms with Gasteiger partial charge in [-0.3, -0.25) is 0 Å². The minimum atomic E-state index is 0.855. The predicted molar refractivity (Wildman–Crippen MR) is 260 cm³/mol. The predicted octanol–water partition coefficient (Wildman–Crippen LogP) is 15.0. The Morgan fingerprint density at radius 1 is 0.206 bits per heavy atom. The molecular formula is C58H39N5. The smallest absolute Gasteiger partial charge is 0.0973 e. The summed E-state index contributed by atoms with van der Waals surface area (Å²) >= 11 is 0. The lowest BCUT2D eigenvalue weighted by atomic mass is 9.97. The summed E-state index contributed by atoms with van der Waals surface area (Å²) in [5.41, 5.74) is 18.5. The molecule has 0 fully saturated rings. The minimum absolute atomic E-state index is 0.855. The van der Waals surface area contributed by atoms with Crippen LogP contribution in [0.4, 0.5) is 17.1 Å². The van der Waals surface area contributed by atoms with Crippen LogP contribution in [0, 0.1) is 0 Å². The Balaban J connectivity index is 0.981. The Morgan fingerprint density at radius 2 is 0.476 bits per heavy atom. The van der Waals surface area contributed by atoms with Gasteiger partial charge in [-0.05, 0) is 95.1 Å². The Morgan fingerprint density at radius 3 is 0.873 bits per heavy atom. The third-order valence-corrected chi connectivity index (χ3v) is 11.4. The molecule has 0 bridgehead atoms. The summed E-state index contributed by atoms with van der Waals surface area (Å²) in [6.07, 6.45) is 0. The van der Waals surface area contributed by atoms with Crippen LogP contribution in [0.15, 0.2) is 237 Å². The molecule has 0 unspecified atom stereocenters.